The standard InChI is InChI=1S/C16H30O3/c1-7-11(2)14-13(4)15(12(3)9-8-10-17)19-16(5,6)18-14/h8-9,11-15,17H,7,10H2,1-6H3/b9-8+/t11-,12+,13-,14+,15-/m0/s1. The molecule has 1 saturated heterocycles. The largest absolute Gasteiger partial charge is 0.392 e. The fraction of sp³-hybridized carbons (Fsp3) is 0.875. The van der Waals surface area contributed by atoms with Crippen molar-refractivity contribution < 1.29 is 14.6 Å². The van der Waals surface area contributed by atoms with Gasteiger partial charge in [-0.15, -0.1) is 0 Å². The molecule has 1 fully saturated rings. The highest BCUT2D eigenvalue weighted by Crippen LogP contribution is 2.38. The van der Waals surface area contributed by atoms with Gasteiger partial charge in [-0.2, -0.15) is 0 Å². The van der Waals surface area contributed by atoms with Gasteiger partial charge in [0.25, 0.3) is 0 Å². The molecule has 0 spiro atoms. The Kier molecular flexibility index (Phi) is 6.03. The average Bonchev–Trinajstić information content (AvgIpc) is 2.37. The molecule has 0 radical (unpaired) electrons. The minimum absolute atomic E-state index is 0.0835. The second kappa shape index (κ2) is 6.87. The summed E-state index contributed by atoms with van der Waals surface area (Å²) in [6, 6.07) is 0. The second-order valence-electron chi connectivity index (χ2n) is 6.28. The molecule has 1 aliphatic heterocycles. The molecule has 0 aromatic heterocycles. The highest BCUT2D eigenvalue weighted by Gasteiger charge is 2.43. The molecule has 1 rings (SSSR count). The first kappa shape index (κ1) is 16.7. The topological polar surface area (TPSA) is 38.7 Å². The van der Waals surface area contributed by atoms with E-state index in [1.165, 1.54) is 0 Å². The van der Waals surface area contributed by atoms with Crippen LogP contribution in [0.15, 0.2) is 12.2 Å². The van der Waals surface area contributed by atoms with Gasteiger partial charge in [0.15, 0.2) is 5.79 Å². The van der Waals surface area contributed by atoms with Crippen molar-refractivity contribution in [3.8, 4) is 0 Å². The Balaban J connectivity index is 2.87. The third-order valence-corrected chi connectivity index (χ3v) is 4.14. The lowest BCUT2D eigenvalue weighted by molar-refractivity contribution is -0.332. The summed E-state index contributed by atoms with van der Waals surface area (Å²) >= 11 is 0. The van der Waals surface area contributed by atoms with E-state index < -0.39 is 5.79 Å². The first-order valence-corrected chi connectivity index (χ1v) is 7.45. The molecule has 0 aromatic rings. The maximum atomic E-state index is 8.91. The maximum Gasteiger partial charge on any atom is 0.163 e. The summed E-state index contributed by atoms with van der Waals surface area (Å²) in [6.07, 6.45) is 5.30. The van der Waals surface area contributed by atoms with E-state index in [1.54, 1.807) is 6.08 Å². The van der Waals surface area contributed by atoms with Gasteiger partial charge < -0.3 is 14.6 Å². The normalized spacial score (nSPS) is 34.4. The Morgan fingerprint density at radius 1 is 1.21 bits per heavy atom. The zero-order valence-corrected chi connectivity index (χ0v) is 13.2. The number of hydrogen-bond donors (Lipinski definition) is 1. The second-order valence-corrected chi connectivity index (χ2v) is 6.28. The summed E-state index contributed by atoms with van der Waals surface area (Å²) in [4.78, 5) is 0. The van der Waals surface area contributed by atoms with Gasteiger partial charge in [0.1, 0.15) is 0 Å². The maximum absolute atomic E-state index is 8.91. The number of rotatable bonds is 5. The van der Waals surface area contributed by atoms with Crippen LogP contribution in [0.25, 0.3) is 0 Å². The van der Waals surface area contributed by atoms with E-state index in [1.807, 2.05) is 19.9 Å². The van der Waals surface area contributed by atoms with Crippen molar-refractivity contribution in [2.75, 3.05) is 6.61 Å². The average molecular weight is 270 g/mol. The van der Waals surface area contributed by atoms with Gasteiger partial charge in [-0.05, 0) is 19.8 Å². The quantitative estimate of drug-likeness (QED) is 0.778. The van der Waals surface area contributed by atoms with E-state index >= 15 is 0 Å². The molecule has 19 heavy (non-hydrogen) atoms. The fourth-order valence-electron chi connectivity index (χ4n) is 2.92. The Bertz CT molecular complexity index is 298. The first-order chi connectivity index (χ1) is 8.82. The SMILES string of the molecule is CC[C@H](C)[C@H]1OC(C)(C)O[C@@H]([C@H](C)/C=C/CO)[C@H]1C. The number of hydrogen-bond acceptors (Lipinski definition) is 3. The van der Waals surface area contributed by atoms with E-state index in [2.05, 4.69) is 27.7 Å². The zero-order valence-electron chi connectivity index (χ0n) is 13.2. The minimum atomic E-state index is -0.535. The number of aliphatic hydroxyl groups is 1. The third-order valence-electron chi connectivity index (χ3n) is 4.14. The predicted octanol–water partition coefficient (Wildman–Crippen LogP) is 3.37. The van der Waals surface area contributed by atoms with Gasteiger partial charge >= 0.3 is 0 Å². The summed E-state index contributed by atoms with van der Waals surface area (Å²) in [6.45, 7) is 12.9. The van der Waals surface area contributed by atoms with Crippen LogP contribution in [0.5, 0.6) is 0 Å². The summed E-state index contributed by atoms with van der Waals surface area (Å²) in [5, 5.41) is 8.91. The first-order valence-electron chi connectivity index (χ1n) is 7.45. The van der Waals surface area contributed by atoms with Gasteiger partial charge in [-0.25, -0.2) is 0 Å². The molecule has 0 bridgehead atoms. The highest BCUT2D eigenvalue weighted by molar-refractivity contribution is 4.96. The van der Waals surface area contributed by atoms with E-state index in [9.17, 15) is 0 Å². The van der Waals surface area contributed by atoms with Gasteiger partial charge in [0.2, 0.25) is 0 Å². The summed E-state index contributed by atoms with van der Waals surface area (Å²) in [5.41, 5.74) is 0. The van der Waals surface area contributed by atoms with Crippen molar-refractivity contribution in [2.45, 2.75) is 66.0 Å². The lowest BCUT2D eigenvalue weighted by Gasteiger charge is -2.48. The van der Waals surface area contributed by atoms with Crippen LogP contribution >= 0.6 is 0 Å². The molecular weight excluding hydrogens is 240 g/mol. The van der Waals surface area contributed by atoms with Gasteiger partial charge in [-0.3, -0.25) is 0 Å². The van der Waals surface area contributed by atoms with E-state index in [-0.39, 0.29) is 24.7 Å². The number of ether oxygens (including phenoxy) is 2. The van der Waals surface area contributed by atoms with Crippen molar-refractivity contribution in [2.24, 2.45) is 17.8 Å². The summed E-state index contributed by atoms with van der Waals surface area (Å²) < 4.78 is 12.2. The number of aliphatic hydroxyl groups excluding tert-OH is 1. The molecule has 1 heterocycles. The molecule has 0 saturated carbocycles. The molecular formula is C16H30O3. The molecule has 0 aromatic carbocycles. The Morgan fingerprint density at radius 3 is 2.32 bits per heavy atom. The molecule has 5 atom stereocenters. The predicted molar refractivity (Wildman–Crippen MR) is 77.8 cm³/mol. The lowest BCUT2D eigenvalue weighted by atomic mass is 9.81. The summed E-state index contributed by atoms with van der Waals surface area (Å²) in [7, 11) is 0. The van der Waals surface area contributed by atoms with Crippen LogP contribution in [0.1, 0.15) is 48.0 Å². The van der Waals surface area contributed by atoms with Crippen LogP contribution in [0.4, 0.5) is 0 Å². The van der Waals surface area contributed by atoms with Gasteiger partial charge in [0.05, 0.1) is 18.8 Å². The third kappa shape index (κ3) is 4.30. The van der Waals surface area contributed by atoms with Gasteiger partial charge in [0, 0.05) is 11.8 Å². The van der Waals surface area contributed by atoms with Crippen LogP contribution in [0, 0.1) is 17.8 Å². The summed E-state index contributed by atoms with van der Waals surface area (Å²) in [5.74, 6) is 0.611. The smallest absolute Gasteiger partial charge is 0.163 e. The van der Waals surface area contributed by atoms with Crippen LogP contribution in [0.3, 0.4) is 0 Å². The van der Waals surface area contributed by atoms with Crippen molar-refractivity contribution in [1.82, 2.24) is 0 Å². The van der Waals surface area contributed by atoms with Crippen molar-refractivity contribution >= 4 is 0 Å². The molecule has 1 N–H and O–H groups in total. The van der Waals surface area contributed by atoms with Crippen LogP contribution < -0.4 is 0 Å². The van der Waals surface area contributed by atoms with Crippen molar-refractivity contribution in [3.63, 3.8) is 0 Å². The Labute approximate surface area is 118 Å². The van der Waals surface area contributed by atoms with E-state index in [0.29, 0.717) is 11.8 Å². The molecule has 3 heteroatoms. The van der Waals surface area contributed by atoms with E-state index in [4.69, 9.17) is 14.6 Å². The molecule has 3 nitrogen and oxygen atoms in total. The van der Waals surface area contributed by atoms with Gasteiger partial charge in [-0.1, -0.05) is 46.3 Å². The lowest BCUT2D eigenvalue weighted by Crippen LogP contribution is -2.53. The van der Waals surface area contributed by atoms with E-state index in [0.717, 1.165) is 6.42 Å². The molecule has 0 amide bonds. The zero-order chi connectivity index (χ0) is 14.6. The monoisotopic (exact) mass is 270 g/mol. The van der Waals surface area contributed by atoms with Crippen LogP contribution in [-0.2, 0) is 9.47 Å². The van der Waals surface area contributed by atoms with Crippen LogP contribution in [-0.4, -0.2) is 29.7 Å². The molecule has 112 valence electrons. The Morgan fingerprint density at radius 2 is 1.79 bits per heavy atom. The molecule has 0 aliphatic carbocycles. The highest BCUT2D eigenvalue weighted by atomic mass is 16.7. The van der Waals surface area contributed by atoms with Crippen molar-refractivity contribution in [3.05, 3.63) is 12.2 Å². The van der Waals surface area contributed by atoms with Crippen LogP contribution in [0.2, 0.25) is 0 Å². The van der Waals surface area contributed by atoms with Crippen molar-refractivity contribution in [1.29, 1.82) is 0 Å². The molecule has 1 aliphatic rings. The molecule has 0 unspecified atom stereocenters. The minimum Gasteiger partial charge on any atom is -0.392 e. The Hall–Kier alpha value is -0.380. The fourth-order valence-corrected chi connectivity index (χ4v) is 2.92.